The van der Waals surface area contributed by atoms with Crippen molar-refractivity contribution in [3.63, 3.8) is 0 Å². The molecule has 3 heterocycles. The topological polar surface area (TPSA) is 131 Å². The van der Waals surface area contributed by atoms with Crippen molar-refractivity contribution in [1.82, 2.24) is 9.97 Å². The van der Waals surface area contributed by atoms with Crippen molar-refractivity contribution in [2.75, 3.05) is 35.3 Å². The van der Waals surface area contributed by atoms with Crippen LogP contribution in [0.15, 0.2) is 30.5 Å². The van der Waals surface area contributed by atoms with E-state index in [1.807, 2.05) is 56.3 Å². The maximum absolute atomic E-state index is 12.8. The number of nitrogens with zero attached hydrogens (tertiary/aromatic N) is 4. The summed E-state index contributed by atoms with van der Waals surface area (Å²) >= 11 is 1.45. The second-order valence-corrected chi connectivity index (χ2v) is 12.1. The minimum absolute atomic E-state index is 0.0166. The highest BCUT2D eigenvalue weighted by Crippen LogP contribution is 2.36. The summed E-state index contributed by atoms with van der Waals surface area (Å²) in [5, 5.41) is 3.55. The van der Waals surface area contributed by atoms with Gasteiger partial charge in [0.15, 0.2) is 10.9 Å². The fourth-order valence-electron chi connectivity index (χ4n) is 5.01. The lowest BCUT2D eigenvalue weighted by molar-refractivity contribution is -0.118. The van der Waals surface area contributed by atoms with Crippen LogP contribution in [0, 0.1) is 0 Å². The van der Waals surface area contributed by atoms with Gasteiger partial charge in [0.2, 0.25) is 11.8 Å². The van der Waals surface area contributed by atoms with E-state index in [2.05, 4.69) is 15.3 Å². The fourth-order valence-corrected chi connectivity index (χ4v) is 5.93. The van der Waals surface area contributed by atoms with E-state index in [0.29, 0.717) is 31.1 Å². The Hall–Kier alpha value is -3.73. The minimum atomic E-state index is -0.370. The van der Waals surface area contributed by atoms with Crippen molar-refractivity contribution in [2.45, 2.75) is 84.2 Å². The third-order valence-electron chi connectivity index (χ3n) is 7.26. The maximum Gasteiger partial charge on any atom is 0.414 e. The van der Waals surface area contributed by atoms with E-state index < -0.39 is 0 Å². The van der Waals surface area contributed by atoms with Gasteiger partial charge in [-0.1, -0.05) is 55.9 Å². The van der Waals surface area contributed by atoms with E-state index in [9.17, 15) is 14.4 Å². The molecule has 0 aliphatic carbocycles. The molecule has 11 heteroatoms. The lowest BCUT2D eigenvalue weighted by atomic mass is 10.1. The van der Waals surface area contributed by atoms with E-state index >= 15 is 0 Å². The molecule has 4 rings (SSSR count). The Morgan fingerprint density at radius 3 is 2.36 bits per heavy atom. The molecule has 42 heavy (non-hydrogen) atoms. The van der Waals surface area contributed by atoms with E-state index in [0.717, 1.165) is 84.2 Å². The van der Waals surface area contributed by atoms with Crippen molar-refractivity contribution in [1.29, 1.82) is 0 Å². The van der Waals surface area contributed by atoms with E-state index in [1.54, 1.807) is 4.90 Å². The first kappa shape index (κ1) is 31.2. The molecule has 3 N–H and O–H groups in total. The molecule has 0 unspecified atom stereocenters. The molecule has 0 radical (unpaired) electrons. The zero-order valence-electron chi connectivity index (χ0n) is 24.9. The van der Waals surface area contributed by atoms with Gasteiger partial charge in [0.25, 0.3) is 0 Å². The number of hydrogen-bond acceptors (Lipinski definition) is 8. The number of fused-ring (bicyclic) bond motifs is 2. The SMILES string of the molecule is CC(C)OC(=O)N1CCN(C)c2ncc(-c3ccc4nc(NC(=O)CCCCCCCCCCC(N)=O)sc4c3)cc21. The number of carbonyl (C=O) groups is 3. The zero-order chi connectivity index (χ0) is 30.1. The predicted molar refractivity (Wildman–Crippen MR) is 169 cm³/mol. The van der Waals surface area contributed by atoms with Gasteiger partial charge in [-0.3, -0.25) is 14.5 Å². The number of nitrogens with two attached hydrogens (primary N) is 1. The molecule has 0 saturated carbocycles. The number of primary amides is 1. The van der Waals surface area contributed by atoms with Crippen molar-refractivity contribution >= 4 is 56.1 Å². The third-order valence-corrected chi connectivity index (χ3v) is 8.19. The van der Waals surface area contributed by atoms with Crippen LogP contribution in [-0.2, 0) is 14.3 Å². The molecule has 3 aromatic rings. The van der Waals surface area contributed by atoms with Gasteiger partial charge in [-0.05, 0) is 50.5 Å². The summed E-state index contributed by atoms with van der Waals surface area (Å²) in [5.41, 5.74) is 8.55. The molecule has 1 aromatic carbocycles. The Morgan fingerprint density at radius 2 is 1.67 bits per heavy atom. The number of benzene rings is 1. The van der Waals surface area contributed by atoms with Crippen LogP contribution in [0.3, 0.4) is 0 Å². The number of aromatic nitrogens is 2. The van der Waals surface area contributed by atoms with Gasteiger partial charge in [0, 0.05) is 44.7 Å². The smallest absolute Gasteiger partial charge is 0.414 e. The molecule has 1 aliphatic rings. The molecule has 0 spiro atoms. The monoisotopic (exact) mass is 594 g/mol. The second kappa shape index (κ2) is 14.9. The molecule has 0 atom stereocenters. The van der Waals surface area contributed by atoms with Gasteiger partial charge in [-0.25, -0.2) is 14.8 Å². The number of anilines is 3. The summed E-state index contributed by atoms with van der Waals surface area (Å²) in [6, 6.07) is 7.96. The molecule has 0 fully saturated rings. The average molecular weight is 595 g/mol. The van der Waals surface area contributed by atoms with Crippen molar-refractivity contribution in [2.24, 2.45) is 5.73 Å². The van der Waals surface area contributed by atoms with Crippen LogP contribution >= 0.6 is 11.3 Å². The van der Waals surface area contributed by atoms with Gasteiger partial charge in [-0.15, -0.1) is 0 Å². The average Bonchev–Trinajstić information content (AvgIpc) is 3.34. The maximum atomic E-state index is 12.8. The van der Waals surface area contributed by atoms with Crippen molar-refractivity contribution < 1.29 is 19.1 Å². The van der Waals surface area contributed by atoms with Crippen LogP contribution < -0.4 is 20.9 Å². The lowest BCUT2D eigenvalue weighted by Gasteiger charge is -2.34. The van der Waals surface area contributed by atoms with Crippen LogP contribution in [-0.4, -0.2) is 54.1 Å². The number of thiazole rings is 1. The predicted octanol–water partition coefficient (Wildman–Crippen LogP) is 6.48. The molecule has 0 saturated heterocycles. The number of likely N-dealkylation sites (N-methyl/N-ethyl adjacent to an activating group) is 1. The Kier molecular flexibility index (Phi) is 11.1. The van der Waals surface area contributed by atoms with Gasteiger partial charge in [0.1, 0.15) is 0 Å². The number of rotatable bonds is 14. The Balaban J connectivity index is 1.31. The largest absolute Gasteiger partial charge is 0.446 e. The normalized spacial score (nSPS) is 13.0. The standard InChI is InChI=1S/C31H42N6O4S/c1-21(2)41-31(40)37-17-16-36(3)29-25(37)18-23(20-33-29)22-14-15-24-26(19-22)42-30(34-24)35-28(39)13-11-9-7-5-4-6-8-10-12-27(32)38/h14-15,18-21H,4-13,16-17H2,1-3H3,(H2,32,38)(H,34,35,39). The first-order valence-electron chi connectivity index (χ1n) is 14.9. The van der Waals surface area contributed by atoms with Crippen molar-refractivity contribution in [3.8, 4) is 11.1 Å². The summed E-state index contributed by atoms with van der Waals surface area (Å²) in [5.74, 6) is 0.503. The number of hydrogen-bond donors (Lipinski definition) is 2. The number of carbonyl (C=O) groups excluding carboxylic acids is 3. The number of nitrogens with one attached hydrogen (secondary N) is 1. The van der Waals surface area contributed by atoms with Crippen LogP contribution in [0.2, 0.25) is 0 Å². The van der Waals surface area contributed by atoms with Crippen LogP contribution in [0.5, 0.6) is 0 Å². The molecule has 3 amide bonds. The fraction of sp³-hybridized carbons (Fsp3) is 0.516. The first-order chi connectivity index (χ1) is 20.2. The summed E-state index contributed by atoms with van der Waals surface area (Å²) in [6.07, 6.45) is 10.5. The summed E-state index contributed by atoms with van der Waals surface area (Å²) < 4.78 is 6.43. The van der Waals surface area contributed by atoms with E-state index in [-0.39, 0.29) is 24.0 Å². The molecule has 226 valence electrons. The van der Waals surface area contributed by atoms with Gasteiger partial charge in [0.05, 0.1) is 22.0 Å². The first-order valence-corrected chi connectivity index (χ1v) is 15.7. The van der Waals surface area contributed by atoms with Gasteiger partial charge < -0.3 is 20.7 Å². The lowest BCUT2D eigenvalue weighted by Crippen LogP contribution is -2.44. The number of pyridine rings is 1. The summed E-state index contributed by atoms with van der Waals surface area (Å²) in [4.78, 5) is 49.0. The molecule has 0 bridgehead atoms. The second-order valence-electron chi connectivity index (χ2n) is 11.1. The number of ether oxygens (including phenoxy) is 1. The third kappa shape index (κ3) is 8.64. The Morgan fingerprint density at radius 1 is 0.976 bits per heavy atom. The van der Waals surface area contributed by atoms with Crippen LogP contribution in [0.25, 0.3) is 21.3 Å². The zero-order valence-corrected chi connectivity index (χ0v) is 25.7. The molecule has 10 nitrogen and oxygen atoms in total. The Labute approximate surface area is 251 Å². The summed E-state index contributed by atoms with van der Waals surface area (Å²) in [6.45, 7) is 4.88. The highest BCUT2D eigenvalue weighted by atomic mass is 32.1. The van der Waals surface area contributed by atoms with Crippen LogP contribution in [0.1, 0.15) is 78.1 Å². The number of amides is 3. The number of unbranched alkanes of at least 4 members (excludes halogenated alkanes) is 7. The molecular formula is C31H42N6O4S. The highest BCUT2D eigenvalue weighted by molar-refractivity contribution is 7.22. The molecule has 2 aromatic heterocycles. The van der Waals surface area contributed by atoms with Gasteiger partial charge >= 0.3 is 6.09 Å². The minimum Gasteiger partial charge on any atom is -0.446 e. The quantitative estimate of drug-likeness (QED) is 0.204. The summed E-state index contributed by atoms with van der Waals surface area (Å²) in [7, 11) is 1.97. The Bertz CT molecular complexity index is 1390. The van der Waals surface area contributed by atoms with Crippen LogP contribution in [0.4, 0.5) is 21.4 Å². The molecular weight excluding hydrogens is 552 g/mol. The highest BCUT2D eigenvalue weighted by Gasteiger charge is 2.28. The van der Waals surface area contributed by atoms with Gasteiger partial charge in [-0.2, -0.15) is 0 Å². The van der Waals surface area contributed by atoms with E-state index in [1.165, 1.54) is 11.3 Å². The van der Waals surface area contributed by atoms with E-state index in [4.69, 9.17) is 10.5 Å². The van der Waals surface area contributed by atoms with Crippen molar-refractivity contribution in [3.05, 3.63) is 30.5 Å². The molecule has 1 aliphatic heterocycles.